The van der Waals surface area contributed by atoms with Gasteiger partial charge in [-0.2, -0.15) is 4.98 Å². The number of hydrogen-bond donors (Lipinski definition) is 1. The van der Waals surface area contributed by atoms with Crippen molar-refractivity contribution >= 4 is 17.7 Å². The highest BCUT2D eigenvalue weighted by Crippen LogP contribution is 2.23. The van der Waals surface area contributed by atoms with E-state index in [1.165, 1.54) is 0 Å². The zero-order chi connectivity index (χ0) is 16.2. The number of carboxylic acids is 1. The topological polar surface area (TPSA) is 89.1 Å². The molecular weight excluding hydrogens is 314 g/mol. The minimum Gasteiger partial charge on any atom is -0.481 e. The van der Waals surface area contributed by atoms with Crippen LogP contribution in [-0.4, -0.2) is 32.0 Å². The summed E-state index contributed by atoms with van der Waals surface area (Å²) in [7, 11) is 0. The molecule has 23 heavy (non-hydrogen) atoms. The summed E-state index contributed by atoms with van der Waals surface area (Å²) in [6.45, 7) is 2.01. The molecule has 0 amide bonds. The van der Waals surface area contributed by atoms with Crippen molar-refractivity contribution in [2.75, 3.05) is 5.75 Å². The fourth-order valence-corrected chi connectivity index (χ4v) is 2.45. The molecule has 0 saturated carbocycles. The van der Waals surface area contributed by atoms with Gasteiger partial charge < -0.3 is 9.63 Å². The number of carboxylic acid groups (broad SMARTS) is 1. The average molecular weight is 327 g/mol. The maximum Gasteiger partial charge on any atom is 0.313 e. The third-order valence-electron chi connectivity index (χ3n) is 3.06. The number of aromatic nitrogens is 3. The lowest BCUT2D eigenvalue weighted by Crippen LogP contribution is -1.97. The smallest absolute Gasteiger partial charge is 0.313 e. The molecule has 0 bridgehead atoms. The van der Waals surface area contributed by atoms with Crippen molar-refractivity contribution in [1.29, 1.82) is 0 Å². The minimum atomic E-state index is -0.875. The molecule has 2 heterocycles. The lowest BCUT2D eigenvalue weighted by atomic mass is 10.1. The lowest BCUT2D eigenvalue weighted by Gasteiger charge is -1.98. The zero-order valence-corrected chi connectivity index (χ0v) is 13.1. The van der Waals surface area contributed by atoms with E-state index < -0.39 is 5.97 Å². The van der Waals surface area contributed by atoms with Crippen LogP contribution < -0.4 is 0 Å². The van der Waals surface area contributed by atoms with Gasteiger partial charge in [0.25, 0.3) is 5.89 Å². The molecule has 7 heteroatoms. The molecule has 0 saturated heterocycles. The van der Waals surface area contributed by atoms with E-state index in [4.69, 9.17) is 9.63 Å². The highest BCUT2D eigenvalue weighted by molar-refractivity contribution is 7.99. The normalized spacial score (nSPS) is 10.7. The van der Waals surface area contributed by atoms with Gasteiger partial charge >= 0.3 is 5.97 Å². The quantitative estimate of drug-likeness (QED) is 0.719. The van der Waals surface area contributed by atoms with Gasteiger partial charge in [-0.05, 0) is 19.1 Å². The standard InChI is InChI=1S/C16H13N3O3S/c1-10-2-4-11(5-3-10)15-18-16(22-19-15)12-6-7-13(17-8-12)23-9-14(20)21/h2-8H,9H2,1H3,(H,20,21). The summed E-state index contributed by atoms with van der Waals surface area (Å²) in [5, 5.41) is 13.3. The van der Waals surface area contributed by atoms with Crippen molar-refractivity contribution < 1.29 is 14.4 Å². The molecule has 6 nitrogen and oxygen atoms in total. The Morgan fingerprint density at radius 1 is 1.17 bits per heavy atom. The molecule has 116 valence electrons. The van der Waals surface area contributed by atoms with E-state index in [1.807, 2.05) is 31.2 Å². The van der Waals surface area contributed by atoms with Gasteiger partial charge in [0, 0.05) is 11.8 Å². The Kier molecular flexibility index (Phi) is 4.38. The number of thioether (sulfide) groups is 1. The van der Waals surface area contributed by atoms with Crippen molar-refractivity contribution in [3.63, 3.8) is 0 Å². The first-order chi connectivity index (χ1) is 11.1. The molecule has 0 radical (unpaired) electrons. The number of pyridine rings is 1. The molecule has 0 atom stereocenters. The average Bonchev–Trinajstić information content (AvgIpc) is 3.04. The van der Waals surface area contributed by atoms with E-state index in [-0.39, 0.29) is 5.75 Å². The van der Waals surface area contributed by atoms with Crippen LogP contribution in [0.1, 0.15) is 5.56 Å². The number of carbonyl (C=O) groups is 1. The summed E-state index contributed by atoms with van der Waals surface area (Å²) in [6, 6.07) is 11.4. The maximum atomic E-state index is 10.5. The minimum absolute atomic E-state index is 0.0233. The molecule has 0 unspecified atom stereocenters. The molecule has 0 aliphatic rings. The molecule has 3 rings (SSSR count). The number of aryl methyl sites for hydroxylation is 1. The summed E-state index contributed by atoms with van der Waals surface area (Å²) in [5.74, 6) is -0.00231. The Labute approximate surface area is 136 Å². The molecule has 0 aliphatic carbocycles. The monoisotopic (exact) mass is 327 g/mol. The van der Waals surface area contributed by atoms with Gasteiger partial charge in [-0.1, -0.05) is 46.7 Å². The molecule has 2 aromatic heterocycles. The van der Waals surface area contributed by atoms with Crippen LogP contribution in [0, 0.1) is 6.92 Å². The fourth-order valence-electron chi connectivity index (χ4n) is 1.89. The Hall–Kier alpha value is -2.67. The van der Waals surface area contributed by atoms with E-state index in [0.29, 0.717) is 22.3 Å². The van der Waals surface area contributed by atoms with Crippen LogP contribution in [0.15, 0.2) is 52.1 Å². The van der Waals surface area contributed by atoms with Crippen molar-refractivity contribution in [3.05, 3.63) is 48.2 Å². The largest absolute Gasteiger partial charge is 0.481 e. The first kappa shape index (κ1) is 15.2. The summed E-state index contributed by atoms with van der Waals surface area (Å²) < 4.78 is 5.27. The predicted octanol–water partition coefficient (Wildman–Crippen LogP) is 3.28. The van der Waals surface area contributed by atoms with Gasteiger partial charge in [-0.25, -0.2) is 4.98 Å². The summed E-state index contributed by atoms with van der Waals surface area (Å²) in [4.78, 5) is 19.1. The Balaban J connectivity index is 1.77. The Morgan fingerprint density at radius 3 is 2.57 bits per heavy atom. The van der Waals surface area contributed by atoms with E-state index in [0.717, 1.165) is 22.9 Å². The van der Waals surface area contributed by atoms with Gasteiger partial charge in [0.1, 0.15) is 0 Å². The van der Waals surface area contributed by atoms with Gasteiger partial charge in [-0.15, -0.1) is 0 Å². The van der Waals surface area contributed by atoms with Gasteiger partial charge in [0.15, 0.2) is 0 Å². The van der Waals surface area contributed by atoms with Crippen LogP contribution in [-0.2, 0) is 4.79 Å². The number of rotatable bonds is 5. The second-order valence-electron chi connectivity index (χ2n) is 4.86. The first-order valence-corrected chi connectivity index (χ1v) is 7.82. The summed E-state index contributed by atoms with van der Waals surface area (Å²) >= 11 is 1.16. The second-order valence-corrected chi connectivity index (χ2v) is 5.85. The maximum absolute atomic E-state index is 10.5. The van der Waals surface area contributed by atoms with Crippen molar-refractivity contribution in [2.24, 2.45) is 0 Å². The molecule has 1 N–H and O–H groups in total. The van der Waals surface area contributed by atoms with Crippen LogP contribution in [0.3, 0.4) is 0 Å². The Morgan fingerprint density at radius 2 is 1.91 bits per heavy atom. The van der Waals surface area contributed by atoms with Gasteiger partial charge in [-0.3, -0.25) is 4.79 Å². The zero-order valence-electron chi connectivity index (χ0n) is 12.3. The van der Waals surface area contributed by atoms with E-state index in [9.17, 15) is 4.79 Å². The number of aliphatic carboxylic acids is 1. The highest BCUT2D eigenvalue weighted by atomic mass is 32.2. The van der Waals surface area contributed by atoms with E-state index >= 15 is 0 Å². The predicted molar refractivity (Wildman–Crippen MR) is 86.1 cm³/mol. The van der Waals surface area contributed by atoms with E-state index in [1.54, 1.807) is 18.3 Å². The third kappa shape index (κ3) is 3.75. The number of benzene rings is 1. The molecule has 0 fully saturated rings. The SMILES string of the molecule is Cc1ccc(-c2noc(-c3ccc(SCC(=O)O)nc3)n2)cc1. The van der Waals surface area contributed by atoms with Gasteiger partial charge in [0.2, 0.25) is 5.82 Å². The fraction of sp³-hybridized carbons (Fsp3) is 0.125. The highest BCUT2D eigenvalue weighted by Gasteiger charge is 2.11. The second kappa shape index (κ2) is 6.62. The summed E-state index contributed by atoms with van der Waals surface area (Å²) in [5.41, 5.74) is 2.74. The molecule has 1 aromatic carbocycles. The molecule has 3 aromatic rings. The number of hydrogen-bond acceptors (Lipinski definition) is 6. The van der Waals surface area contributed by atoms with Gasteiger partial charge in [0.05, 0.1) is 16.3 Å². The van der Waals surface area contributed by atoms with Crippen LogP contribution in [0.2, 0.25) is 0 Å². The van der Waals surface area contributed by atoms with Crippen LogP contribution >= 0.6 is 11.8 Å². The lowest BCUT2D eigenvalue weighted by molar-refractivity contribution is -0.133. The molecule has 0 aliphatic heterocycles. The first-order valence-electron chi connectivity index (χ1n) is 6.83. The summed E-state index contributed by atoms with van der Waals surface area (Å²) in [6.07, 6.45) is 1.59. The molecular formula is C16H13N3O3S. The van der Waals surface area contributed by atoms with Crippen molar-refractivity contribution in [1.82, 2.24) is 15.1 Å². The third-order valence-corrected chi connectivity index (χ3v) is 3.99. The van der Waals surface area contributed by atoms with Crippen LogP contribution in [0.4, 0.5) is 0 Å². The van der Waals surface area contributed by atoms with Crippen LogP contribution in [0.25, 0.3) is 22.8 Å². The van der Waals surface area contributed by atoms with Crippen molar-refractivity contribution in [2.45, 2.75) is 11.9 Å². The van der Waals surface area contributed by atoms with E-state index in [2.05, 4.69) is 15.1 Å². The van der Waals surface area contributed by atoms with Crippen molar-refractivity contribution in [3.8, 4) is 22.8 Å². The van der Waals surface area contributed by atoms with Crippen LogP contribution in [0.5, 0.6) is 0 Å². The Bertz CT molecular complexity index is 813. The molecule has 0 spiro atoms. The number of nitrogens with zero attached hydrogens (tertiary/aromatic N) is 3.